The molecule has 0 fully saturated rings. The summed E-state index contributed by atoms with van der Waals surface area (Å²) < 4.78 is 24.3. The van der Waals surface area contributed by atoms with Crippen LogP contribution in [0.25, 0.3) is 10.9 Å². The van der Waals surface area contributed by atoms with Gasteiger partial charge in [-0.05, 0) is 57.2 Å². The fraction of sp³-hybridized carbons (Fsp3) is 0.238. The van der Waals surface area contributed by atoms with Crippen LogP contribution in [0.5, 0.6) is 5.75 Å². The van der Waals surface area contributed by atoms with E-state index >= 15 is 0 Å². The van der Waals surface area contributed by atoms with Crippen molar-refractivity contribution in [1.82, 2.24) is 4.98 Å². The fourth-order valence-corrected chi connectivity index (χ4v) is 2.67. The maximum Gasteiger partial charge on any atom is 0.412 e. The van der Waals surface area contributed by atoms with Crippen LogP contribution in [0, 0.1) is 5.82 Å². The number of fused-ring (bicyclic) bond motifs is 1. The Morgan fingerprint density at radius 3 is 2.48 bits per heavy atom. The average Bonchev–Trinajstić information content (AvgIpc) is 3.06. The second-order valence-electron chi connectivity index (χ2n) is 7.41. The van der Waals surface area contributed by atoms with E-state index in [4.69, 9.17) is 9.47 Å². The minimum atomic E-state index is -0.788. The van der Waals surface area contributed by atoms with Gasteiger partial charge in [0.15, 0.2) is 0 Å². The highest BCUT2D eigenvalue weighted by Gasteiger charge is 2.18. The third-order valence-electron chi connectivity index (χ3n) is 3.93. The summed E-state index contributed by atoms with van der Waals surface area (Å²) in [5, 5.41) is 5.87. The van der Waals surface area contributed by atoms with Crippen molar-refractivity contribution in [3.05, 3.63) is 54.0 Å². The molecule has 3 rings (SSSR count). The maximum atomic E-state index is 14.0. The molecule has 2 aromatic carbocycles. The molecule has 29 heavy (non-hydrogen) atoms. The number of nitrogens with one attached hydrogen (secondary N) is 3. The summed E-state index contributed by atoms with van der Waals surface area (Å²) in [4.78, 5) is 27.5. The summed E-state index contributed by atoms with van der Waals surface area (Å²) in [6.45, 7) is 5.11. The molecule has 0 bridgehead atoms. The van der Waals surface area contributed by atoms with Gasteiger partial charge in [0, 0.05) is 22.7 Å². The first-order chi connectivity index (χ1) is 13.6. The van der Waals surface area contributed by atoms with Gasteiger partial charge in [0.25, 0.3) is 5.91 Å². The third-order valence-corrected chi connectivity index (χ3v) is 3.93. The van der Waals surface area contributed by atoms with Crippen molar-refractivity contribution in [1.29, 1.82) is 0 Å². The van der Waals surface area contributed by atoms with E-state index < -0.39 is 23.4 Å². The van der Waals surface area contributed by atoms with E-state index in [-0.39, 0.29) is 5.69 Å². The predicted octanol–water partition coefficient (Wildman–Crippen LogP) is 4.91. The van der Waals surface area contributed by atoms with Crippen molar-refractivity contribution < 1.29 is 23.5 Å². The number of aromatic nitrogens is 1. The Balaban J connectivity index is 1.76. The summed E-state index contributed by atoms with van der Waals surface area (Å²) >= 11 is 0. The SMILES string of the molecule is COc1ccc2cc(C(=O)Nc3ccc(F)c(NC(=O)OC(C)(C)C)c3)[nH]c2c1. The number of hydrogen-bond acceptors (Lipinski definition) is 4. The van der Waals surface area contributed by atoms with Crippen LogP contribution in [0.15, 0.2) is 42.5 Å². The molecule has 8 heteroatoms. The Hall–Kier alpha value is -3.55. The normalized spacial score (nSPS) is 11.2. The zero-order chi connectivity index (χ0) is 21.2. The average molecular weight is 399 g/mol. The predicted molar refractivity (Wildman–Crippen MR) is 109 cm³/mol. The number of halogens is 1. The second-order valence-corrected chi connectivity index (χ2v) is 7.41. The standard InChI is InChI=1S/C21H22FN3O4/c1-21(2,3)29-20(27)25-17-10-13(6-8-15(17)22)23-19(26)18-9-12-5-7-14(28-4)11-16(12)24-18/h5-11,24H,1-4H3,(H,23,26)(H,25,27). The van der Waals surface area contributed by atoms with Crippen LogP contribution < -0.4 is 15.4 Å². The number of amides is 2. The summed E-state index contributed by atoms with van der Waals surface area (Å²) in [5.41, 5.74) is 0.585. The van der Waals surface area contributed by atoms with Crippen LogP contribution in [-0.4, -0.2) is 29.7 Å². The number of rotatable bonds is 4. The molecule has 7 nitrogen and oxygen atoms in total. The minimum Gasteiger partial charge on any atom is -0.497 e. The lowest BCUT2D eigenvalue weighted by atomic mass is 10.2. The number of aromatic amines is 1. The number of anilines is 2. The van der Waals surface area contributed by atoms with Crippen LogP contribution in [-0.2, 0) is 4.74 Å². The van der Waals surface area contributed by atoms with Gasteiger partial charge in [-0.25, -0.2) is 9.18 Å². The first-order valence-electron chi connectivity index (χ1n) is 8.92. The zero-order valence-electron chi connectivity index (χ0n) is 16.6. The fourth-order valence-electron chi connectivity index (χ4n) is 2.67. The molecular formula is C21H22FN3O4. The Morgan fingerprint density at radius 1 is 1.03 bits per heavy atom. The topological polar surface area (TPSA) is 92.5 Å². The Bertz CT molecular complexity index is 1070. The van der Waals surface area contributed by atoms with E-state index in [1.54, 1.807) is 46.1 Å². The van der Waals surface area contributed by atoms with E-state index in [0.717, 1.165) is 17.0 Å². The number of H-pyrrole nitrogens is 1. The molecule has 0 saturated carbocycles. The molecule has 0 aliphatic carbocycles. The maximum absolute atomic E-state index is 14.0. The first-order valence-corrected chi connectivity index (χ1v) is 8.92. The van der Waals surface area contributed by atoms with Gasteiger partial charge in [-0.2, -0.15) is 0 Å². The van der Waals surface area contributed by atoms with Crippen molar-refractivity contribution in [3.8, 4) is 5.75 Å². The van der Waals surface area contributed by atoms with Gasteiger partial charge in [0.2, 0.25) is 0 Å². The molecular weight excluding hydrogens is 377 g/mol. The molecule has 0 aliphatic rings. The van der Waals surface area contributed by atoms with Crippen molar-refractivity contribution >= 4 is 34.3 Å². The number of ether oxygens (including phenoxy) is 2. The monoisotopic (exact) mass is 399 g/mol. The smallest absolute Gasteiger partial charge is 0.412 e. The lowest BCUT2D eigenvalue weighted by Crippen LogP contribution is -2.27. The molecule has 0 radical (unpaired) electrons. The van der Waals surface area contributed by atoms with E-state index in [1.807, 2.05) is 6.07 Å². The van der Waals surface area contributed by atoms with Gasteiger partial charge in [0.05, 0.1) is 12.8 Å². The molecule has 0 aliphatic heterocycles. The van der Waals surface area contributed by atoms with Gasteiger partial charge in [0.1, 0.15) is 22.9 Å². The molecule has 1 heterocycles. The molecule has 0 atom stereocenters. The van der Waals surface area contributed by atoms with E-state index in [1.165, 1.54) is 12.1 Å². The highest BCUT2D eigenvalue weighted by molar-refractivity contribution is 6.06. The third kappa shape index (κ3) is 5.04. The van der Waals surface area contributed by atoms with Gasteiger partial charge in [-0.3, -0.25) is 10.1 Å². The van der Waals surface area contributed by atoms with Crippen molar-refractivity contribution in [3.63, 3.8) is 0 Å². The zero-order valence-corrected chi connectivity index (χ0v) is 16.6. The van der Waals surface area contributed by atoms with Gasteiger partial charge in [-0.15, -0.1) is 0 Å². The molecule has 3 N–H and O–H groups in total. The highest BCUT2D eigenvalue weighted by Crippen LogP contribution is 2.24. The van der Waals surface area contributed by atoms with Gasteiger partial charge < -0.3 is 19.8 Å². The number of methoxy groups -OCH3 is 1. The molecule has 3 aromatic rings. The number of carbonyl (C=O) groups excluding carboxylic acids is 2. The van der Waals surface area contributed by atoms with Crippen LogP contribution in [0.4, 0.5) is 20.6 Å². The Labute approximate surface area is 167 Å². The second kappa shape index (κ2) is 7.83. The molecule has 2 amide bonds. The molecule has 0 unspecified atom stereocenters. The lowest BCUT2D eigenvalue weighted by Gasteiger charge is -2.20. The lowest BCUT2D eigenvalue weighted by molar-refractivity contribution is 0.0635. The molecule has 0 saturated heterocycles. The summed E-state index contributed by atoms with van der Waals surface area (Å²) in [5.74, 6) is -0.385. The summed E-state index contributed by atoms with van der Waals surface area (Å²) in [6.07, 6.45) is -0.788. The van der Waals surface area contributed by atoms with Crippen molar-refractivity contribution in [2.75, 3.05) is 17.7 Å². The molecule has 1 aromatic heterocycles. The highest BCUT2D eigenvalue weighted by atomic mass is 19.1. The van der Waals surface area contributed by atoms with E-state index in [9.17, 15) is 14.0 Å². The minimum absolute atomic E-state index is 0.0987. The van der Waals surface area contributed by atoms with Gasteiger partial charge >= 0.3 is 6.09 Å². The number of benzene rings is 2. The molecule has 0 spiro atoms. The Kier molecular flexibility index (Phi) is 5.45. The number of carbonyl (C=O) groups is 2. The van der Waals surface area contributed by atoms with Gasteiger partial charge in [-0.1, -0.05) is 0 Å². The number of hydrogen-bond donors (Lipinski definition) is 3. The largest absolute Gasteiger partial charge is 0.497 e. The summed E-state index contributed by atoms with van der Waals surface area (Å²) in [6, 6.07) is 11.0. The van der Waals surface area contributed by atoms with E-state index in [2.05, 4.69) is 15.6 Å². The van der Waals surface area contributed by atoms with Crippen molar-refractivity contribution in [2.45, 2.75) is 26.4 Å². The van der Waals surface area contributed by atoms with Crippen LogP contribution >= 0.6 is 0 Å². The summed E-state index contributed by atoms with van der Waals surface area (Å²) in [7, 11) is 1.56. The van der Waals surface area contributed by atoms with Crippen LogP contribution in [0.1, 0.15) is 31.3 Å². The molecule has 152 valence electrons. The van der Waals surface area contributed by atoms with Crippen LogP contribution in [0.2, 0.25) is 0 Å². The van der Waals surface area contributed by atoms with Crippen LogP contribution in [0.3, 0.4) is 0 Å². The van der Waals surface area contributed by atoms with Crippen molar-refractivity contribution in [2.24, 2.45) is 0 Å². The first kappa shape index (κ1) is 20.2. The Morgan fingerprint density at radius 2 is 1.79 bits per heavy atom. The quantitative estimate of drug-likeness (QED) is 0.581. The van der Waals surface area contributed by atoms with E-state index in [0.29, 0.717) is 17.1 Å².